The fourth-order valence-corrected chi connectivity index (χ4v) is 2.85. The minimum Gasteiger partial charge on any atom is -0.477 e. The first kappa shape index (κ1) is 18.7. The number of anilines is 1. The molecule has 0 atom stereocenters. The molecule has 0 aliphatic rings. The maximum atomic E-state index is 12.1. The number of halogens is 1. The first-order valence-electron chi connectivity index (χ1n) is 8.26. The number of hydrogen-bond donors (Lipinski definition) is 2. The molecule has 8 nitrogen and oxygen atoms in total. The lowest BCUT2D eigenvalue weighted by molar-refractivity contribution is -0.116. The number of aryl methyl sites for hydroxylation is 2. The van der Waals surface area contributed by atoms with Gasteiger partial charge in [-0.15, -0.1) is 0 Å². The Morgan fingerprint density at radius 3 is 2.85 bits per heavy atom. The lowest BCUT2D eigenvalue weighted by atomic mass is 10.1. The average molecular weight is 388 g/mol. The van der Waals surface area contributed by atoms with Gasteiger partial charge in [-0.3, -0.25) is 14.2 Å². The number of carboxylic acids is 1. The van der Waals surface area contributed by atoms with Crippen molar-refractivity contribution in [3.05, 3.63) is 64.6 Å². The van der Waals surface area contributed by atoms with Gasteiger partial charge in [-0.05, 0) is 18.6 Å². The highest BCUT2D eigenvalue weighted by Crippen LogP contribution is 2.20. The summed E-state index contributed by atoms with van der Waals surface area (Å²) in [5.74, 6) is -1.15. The first-order valence-corrected chi connectivity index (χ1v) is 8.63. The van der Waals surface area contributed by atoms with E-state index in [9.17, 15) is 9.59 Å². The summed E-state index contributed by atoms with van der Waals surface area (Å²) >= 11 is 6.16. The lowest BCUT2D eigenvalue weighted by Gasteiger charge is -2.05. The van der Waals surface area contributed by atoms with Gasteiger partial charge in [0.25, 0.3) is 0 Å². The SMILES string of the molecule is Cc1cccc(Cn2cc(Cl)c(NC(=O)CCn3nccc3C(=O)O)n2)c1. The van der Waals surface area contributed by atoms with Crippen molar-refractivity contribution in [3.63, 3.8) is 0 Å². The largest absolute Gasteiger partial charge is 0.477 e. The second-order valence-corrected chi connectivity index (χ2v) is 6.46. The maximum absolute atomic E-state index is 12.1. The number of amides is 1. The molecule has 0 fully saturated rings. The summed E-state index contributed by atoms with van der Waals surface area (Å²) in [6.07, 6.45) is 3.07. The molecular formula is C18H18ClN5O3. The van der Waals surface area contributed by atoms with Crippen molar-refractivity contribution in [2.45, 2.75) is 26.4 Å². The first-order chi connectivity index (χ1) is 12.9. The summed E-state index contributed by atoms with van der Waals surface area (Å²) in [6, 6.07) is 9.41. The summed E-state index contributed by atoms with van der Waals surface area (Å²) in [5.41, 5.74) is 2.26. The highest BCUT2D eigenvalue weighted by atomic mass is 35.5. The van der Waals surface area contributed by atoms with Crippen molar-refractivity contribution in [2.24, 2.45) is 0 Å². The maximum Gasteiger partial charge on any atom is 0.354 e. The lowest BCUT2D eigenvalue weighted by Crippen LogP contribution is -2.18. The van der Waals surface area contributed by atoms with Crippen LogP contribution in [0.1, 0.15) is 28.0 Å². The molecule has 3 aromatic rings. The number of carbonyl (C=O) groups excluding carboxylic acids is 1. The zero-order valence-electron chi connectivity index (χ0n) is 14.6. The number of carbonyl (C=O) groups is 2. The Hall–Kier alpha value is -3.13. The van der Waals surface area contributed by atoms with Crippen molar-refractivity contribution in [2.75, 3.05) is 5.32 Å². The molecular weight excluding hydrogens is 370 g/mol. The standard InChI is InChI=1S/C18H18ClN5O3/c1-12-3-2-4-13(9-12)10-23-11-14(19)17(22-23)21-16(25)6-8-24-15(18(26)27)5-7-20-24/h2-5,7,9,11H,6,8,10H2,1H3,(H,26,27)(H,21,22,25). The van der Waals surface area contributed by atoms with E-state index < -0.39 is 5.97 Å². The van der Waals surface area contributed by atoms with Gasteiger partial charge in [-0.1, -0.05) is 41.4 Å². The summed E-state index contributed by atoms with van der Waals surface area (Å²) < 4.78 is 2.92. The Morgan fingerprint density at radius 1 is 1.30 bits per heavy atom. The van der Waals surface area contributed by atoms with E-state index >= 15 is 0 Å². The van der Waals surface area contributed by atoms with E-state index in [1.807, 2.05) is 25.1 Å². The fraction of sp³-hybridized carbons (Fsp3) is 0.222. The van der Waals surface area contributed by atoms with Crippen LogP contribution < -0.4 is 5.32 Å². The Bertz CT molecular complexity index is 979. The van der Waals surface area contributed by atoms with Crippen molar-refractivity contribution >= 4 is 29.3 Å². The van der Waals surface area contributed by atoms with Gasteiger partial charge in [0, 0.05) is 18.8 Å². The zero-order valence-corrected chi connectivity index (χ0v) is 15.3. The monoisotopic (exact) mass is 387 g/mol. The van der Waals surface area contributed by atoms with Crippen LogP contribution in [0.25, 0.3) is 0 Å². The molecule has 140 valence electrons. The minimum absolute atomic E-state index is 0.0308. The van der Waals surface area contributed by atoms with Crippen molar-refractivity contribution in [1.29, 1.82) is 0 Å². The third-order valence-corrected chi connectivity index (χ3v) is 4.16. The van der Waals surface area contributed by atoms with E-state index in [0.29, 0.717) is 11.6 Å². The predicted octanol–water partition coefficient (Wildman–Crippen LogP) is 2.82. The molecule has 0 saturated heterocycles. The van der Waals surface area contributed by atoms with Crippen LogP contribution in [0.4, 0.5) is 5.82 Å². The van der Waals surface area contributed by atoms with Crippen LogP contribution in [-0.2, 0) is 17.9 Å². The van der Waals surface area contributed by atoms with Gasteiger partial charge in [-0.2, -0.15) is 10.2 Å². The minimum atomic E-state index is -1.09. The molecule has 9 heteroatoms. The van der Waals surface area contributed by atoms with Crippen molar-refractivity contribution in [1.82, 2.24) is 19.6 Å². The number of carboxylic acid groups (broad SMARTS) is 1. The topological polar surface area (TPSA) is 102 Å². The Morgan fingerprint density at radius 2 is 2.11 bits per heavy atom. The van der Waals surface area contributed by atoms with Gasteiger partial charge in [0.05, 0.1) is 13.1 Å². The Labute approximate surface area is 160 Å². The third-order valence-electron chi connectivity index (χ3n) is 3.89. The molecule has 2 N–H and O–H groups in total. The second-order valence-electron chi connectivity index (χ2n) is 6.06. The highest BCUT2D eigenvalue weighted by molar-refractivity contribution is 6.33. The van der Waals surface area contributed by atoms with Gasteiger partial charge < -0.3 is 10.4 Å². The molecule has 3 rings (SSSR count). The smallest absolute Gasteiger partial charge is 0.354 e. The summed E-state index contributed by atoms with van der Waals surface area (Å²) in [4.78, 5) is 23.2. The van der Waals surface area contributed by atoms with E-state index in [2.05, 4.69) is 21.6 Å². The molecule has 0 unspecified atom stereocenters. The van der Waals surface area contributed by atoms with Gasteiger partial charge >= 0.3 is 5.97 Å². The van der Waals surface area contributed by atoms with Gasteiger partial charge in [0.1, 0.15) is 10.7 Å². The molecule has 2 heterocycles. The van der Waals surface area contributed by atoms with E-state index in [-0.39, 0.29) is 30.4 Å². The van der Waals surface area contributed by atoms with Crippen LogP contribution >= 0.6 is 11.6 Å². The highest BCUT2D eigenvalue weighted by Gasteiger charge is 2.14. The predicted molar refractivity (Wildman–Crippen MR) is 100.0 cm³/mol. The molecule has 1 aromatic carbocycles. The average Bonchev–Trinajstić information content (AvgIpc) is 3.20. The van der Waals surface area contributed by atoms with E-state index in [1.54, 1.807) is 10.9 Å². The van der Waals surface area contributed by atoms with Crippen LogP contribution in [0.3, 0.4) is 0 Å². The summed E-state index contributed by atoms with van der Waals surface area (Å²) in [5, 5.41) is 20.2. The third kappa shape index (κ3) is 4.73. The molecule has 0 bridgehead atoms. The van der Waals surface area contributed by atoms with Crippen LogP contribution in [0.5, 0.6) is 0 Å². The number of aromatic carboxylic acids is 1. The second kappa shape index (κ2) is 8.05. The zero-order chi connectivity index (χ0) is 19.4. The van der Waals surface area contributed by atoms with Gasteiger partial charge in [0.2, 0.25) is 5.91 Å². The van der Waals surface area contributed by atoms with Crippen LogP contribution in [-0.4, -0.2) is 36.5 Å². The van der Waals surface area contributed by atoms with E-state index in [0.717, 1.165) is 11.1 Å². The van der Waals surface area contributed by atoms with Gasteiger partial charge in [-0.25, -0.2) is 4.79 Å². The fourth-order valence-electron chi connectivity index (χ4n) is 2.65. The van der Waals surface area contributed by atoms with Gasteiger partial charge in [0.15, 0.2) is 5.82 Å². The summed E-state index contributed by atoms with van der Waals surface area (Å²) in [6.45, 7) is 2.69. The van der Waals surface area contributed by atoms with E-state index in [4.69, 9.17) is 16.7 Å². The molecule has 1 amide bonds. The number of nitrogens with one attached hydrogen (secondary N) is 1. The Kier molecular flexibility index (Phi) is 5.56. The van der Waals surface area contributed by atoms with Crippen LogP contribution in [0.15, 0.2) is 42.7 Å². The number of benzene rings is 1. The Balaban J connectivity index is 1.60. The quantitative estimate of drug-likeness (QED) is 0.649. The molecule has 0 radical (unpaired) electrons. The molecule has 0 aliphatic carbocycles. The number of hydrogen-bond acceptors (Lipinski definition) is 4. The number of nitrogens with zero attached hydrogens (tertiary/aromatic N) is 4. The molecule has 27 heavy (non-hydrogen) atoms. The van der Waals surface area contributed by atoms with Crippen LogP contribution in [0, 0.1) is 6.92 Å². The molecule has 0 aliphatic heterocycles. The molecule has 0 saturated carbocycles. The van der Waals surface area contributed by atoms with E-state index in [1.165, 1.54) is 16.9 Å². The molecule has 0 spiro atoms. The normalized spacial score (nSPS) is 10.7. The number of rotatable bonds is 7. The molecule has 2 aromatic heterocycles. The number of aromatic nitrogens is 4. The summed E-state index contributed by atoms with van der Waals surface area (Å²) in [7, 11) is 0. The van der Waals surface area contributed by atoms with Crippen molar-refractivity contribution < 1.29 is 14.7 Å². The van der Waals surface area contributed by atoms with Crippen LogP contribution in [0.2, 0.25) is 5.02 Å². The van der Waals surface area contributed by atoms with Crippen molar-refractivity contribution in [3.8, 4) is 0 Å².